The first-order valence-electron chi connectivity index (χ1n) is 5.43. The summed E-state index contributed by atoms with van der Waals surface area (Å²) >= 11 is 7.96. The minimum absolute atomic E-state index is 0.0893. The zero-order chi connectivity index (χ0) is 13.7. The van der Waals surface area contributed by atoms with Crippen LogP contribution in [0.1, 0.15) is 0 Å². The topological polar surface area (TPSA) is 51.2 Å². The lowest BCUT2D eigenvalue weighted by molar-refractivity contribution is -0.118. The molecule has 0 spiro atoms. The third-order valence-electron chi connectivity index (χ3n) is 2.16. The summed E-state index contributed by atoms with van der Waals surface area (Å²) in [5.41, 5.74) is 0. The van der Waals surface area contributed by atoms with Gasteiger partial charge in [-0.3, -0.25) is 4.79 Å². The molecule has 0 atom stereocenters. The molecule has 2 aromatic rings. The highest BCUT2D eigenvalue weighted by Crippen LogP contribution is 2.17. The lowest BCUT2D eigenvalue weighted by atomic mass is 10.3. The molecule has 0 aliphatic carbocycles. The maximum atomic E-state index is 11.6. The first-order valence-corrected chi connectivity index (χ1v) is 6.89. The van der Waals surface area contributed by atoms with E-state index in [1.165, 1.54) is 0 Å². The summed E-state index contributed by atoms with van der Waals surface area (Å²) in [6, 6.07) is 10.5. The van der Waals surface area contributed by atoms with Crippen molar-refractivity contribution in [3.8, 4) is 5.75 Å². The van der Waals surface area contributed by atoms with Gasteiger partial charge in [-0.2, -0.15) is 0 Å². The molecular weight excluding hydrogens is 379 g/mol. The standard InChI is InChI=1S/C13H10ClIN2O2/c14-9-2-1-3-11(6-9)19-8-13(18)17-12-5-4-10(15)7-16-12/h1-7H,8H2,(H,16,17,18). The average molecular weight is 389 g/mol. The van der Waals surface area contributed by atoms with Crippen LogP contribution in [0.25, 0.3) is 0 Å². The molecule has 1 heterocycles. The van der Waals surface area contributed by atoms with Gasteiger partial charge in [0.2, 0.25) is 0 Å². The zero-order valence-electron chi connectivity index (χ0n) is 9.77. The fourth-order valence-electron chi connectivity index (χ4n) is 1.33. The molecule has 0 saturated heterocycles. The van der Waals surface area contributed by atoms with E-state index in [0.29, 0.717) is 16.6 Å². The van der Waals surface area contributed by atoms with Crippen LogP contribution >= 0.6 is 34.2 Å². The van der Waals surface area contributed by atoms with Gasteiger partial charge in [-0.25, -0.2) is 4.98 Å². The first kappa shape index (κ1) is 14.1. The van der Waals surface area contributed by atoms with Crippen molar-refractivity contribution in [2.45, 2.75) is 0 Å². The maximum absolute atomic E-state index is 11.6. The fourth-order valence-corrected chi connectivity index (χ4v) is 1.83. The molecule has 1 amide bonds. The second-order valence-corrected chi connectivity index (χ2v) is 5.34. The number of hydrogen-bond donors (Lipinski definition) is 1. The summed E-state index contributed by atoms with van der Waals surface area (Å²) in [7, 11) is 0. The Balaban J connectivity index is 1.86. The lowest BCUT2D eigenvalue weighted by Crippen LogP contribution is -2.20. The molecule has 6 heteroatoms. The summed E-state index contributed by atoms with van der Waals surface area (Å²) < 4.78 is 6.32. The van der Waals surface area contributed by atoms with E-state index in [4.69, 9.17) is 16.3 Å². The van der Waals surface area contributed by atoms with Gasteiger partial charge in [0, 0.05) is 14.8 Å². The van der Waals surface area contributed by atoms with Crippen LogP contribution in [-0.2, 0) is 4.79 Å². The number of ether oxygens (including phenoxy) is 1. The van der Waals surface area contributed by atoms with Gasteiger partial charge >= 0.3 is 0 Å². The number of nitrogens with zero attached hydrogens (tertiary/aromatic N) is 1. The van der Waals surface area contributed by atoms with Gasteiger partial charge in [0.25, 0.3) is 5.91 Å². The Kier molecular flexibility index (Phi) is 4.98. The minimum Gasteiger partial charge on any atom is -0.484 e. The Morgan fingerprint density at radius 2 is 2.21 bits per heavy atom. The first-order chi connectivity index (χ1) is 9.13. The van der Waals surface area contributed by atoms with Crippen LogP contribution in [-0.4, -0.2) is 17.5 Å². The van der Waals surface area contributed by atoms with E-state index in [1.54, 1.807) is 36.5 Å². The van der Waals surface area contributed by atoms with E-state index in [9.17, 15) is 4.79 Å². The van der Waals surface area contributed by atoms with E-state index < -0.39 is 0 Å². The number of nitrogens with one attached hydrogen (secondary N) is 1. The van der Waals surface area contributed by atoms with Crippen LogP contribution < -0.4 is 10.1 Å². The van der Waals surface area contributed by atoms with Crippen molar-refractivity contribution < 1.29 is 9.53 Å². The molecule has 1 aromatic carbocycles. The number of hydrogen-bond acceptors (Lipinski definition) is 3. The zero-order valence-corrected chi connectivity index (χ0v) is 12.7. The maximum Gasteiger partial charge on any atom is 0.263 e. The number of carbonyl (C=O) groups excluding carboxylic acids is 1. The Labute approximate surface area is 129 Å². The SMILES string of the molecule is O=C(COc1cccc(Cl)c1)Nc1ccc(I)cn1. The molecule has 0 saturated carbocycles. The predicted molar refractivity (Wildman–Crippen MR) is 82.5 cm³/mol. The molecule has 19 heavy (non-hydrogen) atoms. The number of aromatic nitrogens is 1. The molecule has 4 nitrogen and oxygen atoms in total. The monoisotopic (exact) mass is 388 g/mol. The van der Waals surface area contributed by atoms with Gasteiger partial charge < -0.3 is 10.1 Å². The van der Waals surface area contributed by atoms with E-state index in [0.717, 1.165) is 3.57 Å². The van der Waals surface area contributed by atoms with Gasteiger partial charge in [0.1, 0.15) is 11.6 Å². The molecule has 0 aliphatic heterocycles. The highest BCUT2D eigenvalue weighted by atomic mass is 127. The van der Waals surface area contributed by atoms with Gasteiger partial charge in [0.05, 0.1) is 0 Å². The average Bonchev–Trinajstić information content (AvgIpc) is 2.39. The summed E-state index contributed by atoms with van der Waals surface area (Å²) in [6.45, 7) is -0.0893. The van der Waals surface area contributed by atoms with Crippen molar-refractivity contribution in [2.24, 2.45) is 0 Å². The van der Waals surface area contributed by atoms with Gasteiger partial charge in [-0.1, -0.05) is 17.7 Å². The van der Waals surface area contributed by atoms with Crippen molar-refractivity contribution in [3.63, 3.8) is 0 Å². The van der Waals surface area contributed by atoms with Crippen molar-refractivity contribution >= 4 is 45.9 Å². The summed E-state index contributed by atoms with van der Waals surface area (Å²) in [4.78, 5) is 15.7. The number of pyridine rings is 1. The molecule has 0 unspecified atom stereocenters. The van der Waals surface area contributed by atoms with E-state index >= 15 is 0 Å². The third-order valence-corrected chi connectivity index (χ3v) is 3.03. The molecule has 1 N–H and O–H groups in total. The quantitative estimate of drug-likeness (QED) is 0.817. The smallest absolute Gasteiger partial charge is 0.263 e. The molecule has 0 radical (unpaired) electrons. The molecule has 0 bridgehead atoms. The second-order valence-electron chi connectivity index (χ2n) is 3.66. The van der Waals surface area contributed by atoms with E-state index in [2.05, 4.69) is 32.9 Å². The molecule has 0 fully saturated rings. The van der Waals surface area contributed by atoms with Gasteiger partial charge in [0.15, 0.2) is 6.61 Å². The van der Waals surface area contributed by atoms with Gasteiger partial charge in [-0.05, 0) is 52.9 Å². The Bertz CT molecular complexity index is 575. The van der Waals surface area contributed by atoms with Crippen LogP contribution in [0, 0.1) is 3.57 Å². The van der Waals surface area contributed by atoms with Crippen LogP contribution in [0.5, 0.6) is 5.75 Å². The van der Waals surface area contributed by atoms with Crippen molar-refractivity contribution in [1.29, 1.82) is 0 Å². The van der Waals surface area contributed by atoms with Crippen LogP contribution in [0.15, 0.2) is 42.6 Å². The van der Waals surface area contributed by atoms with Crippen molar-refractivity contribution in [1.82, 2.24) is 4.98 Å². The van der Waals surface area contributed by atoms with Crippen molar-refractivity contribution in [3.05, 3.63) is 51.2 Å². The largest absolute Gasteiger partial charge is 0.484 e. The number of benzene rings is 1. The number of anilines is 1. The van der Waals surface area contributed by atoms with Crippen molar-refractivity contribution in [2.75, 3.05) is 11.9 Å². The highest BCUT2D eigenvalue weighted by molar-refractivity contribution is 14.1. The predicted octanol–water partition coefficient (Wildman–Crippen LogP) is 3.36. The third kappa shape index (κ3) is 4.68. The van der Waals surface area contributed by atoms with Crippen LogP contribution in [0.3, 0.4) is 0 Å². The fraction of sp³-hybridized carbons (Fsp3) is 0.0769. The number of halogens is 2. The molecule has 2 rings (SSSR count). The summed E-state index contributed by atoms with van der Waals surface area (Å²) in [5, 5.41) is 3.21. The second kappa shape index (κ2) is 6.72. The molecular formula is C13H10ClIN2O2. The van der Waals surface area contributed by atoms with Crippen LogP contribution in [0.2, 0.25) is 5.02 Å². The Morgan fingerprint density at radius 1 is 1.37 bits per heavy atom. The summed E-state index contributed by atoms with van der Waals surface area (Å²) in [5.74, 6) is 0.784. The van der Waals surface area contributed by atoms with Gasteiger partial charge in [-0.15, -0.1) is 0 Å². The highest BCUT2D eigenvalue weighted by Gasteiger charge is 2.04. The normalized spacial score (nSPS) is 10.0. The Hall–Kier alpha value is -1.34. The van der Waals surface area contributed by atoms with Crippen LogP contribution in [0.4, 0.5) is 5.82 Å². The Morgan fingerprint density at radius 3 is 2.89 bits per heavy atom. The minimum atomic E-state index is -0.270. The number of amides is 1. The molecule has 98 valence electrons. The molecule has 0 aliphatic rings. The molecule has 1 aromatic heterocycles. The summed E-state index contributed by atoms with van der Waals surface area (Å²) in [6.07, 6.45) is 1.67. The lowest BCUT2D eigenvalue weighted by Gasteiger charge is -2.07. The number of carbonyl (C=O) groups is 1. The van der Waals surface area contributed by atoms with E-state index in [1.807, 2.05) is 6.07 Å². The number of rotatable bonds is 4. The van der Waals surface area contributed by atoms with E-state index in [-0.39, 0.29) is 12.5 Å².